The molecule has 0 aromatic rings. The summed E-state index contributed by atoms with van der Waals surface area (Å²) in [5, 5.41) is -0.977. The van der Waals surface area contributed by atoms with E-state index < -0.39 is 39.0 Å². The van der Waals surface area contributed by atoms with Crippen LogP contribution in [0.1, 0.15) is 34.1 Å². The van der Waals surface area contributed by atoms with Crippen LogP contribution in [-0.2, 0) is 32.7 Å². The third-order valence-electron chi connectivity index (χ3n) is 5.78. The maximum Gasteiger partial charge on any atom is 0.330 e. The minimum Gasteiger partial charge on any atom is -0.460 e. The van der Waals surface area contributed by atoms with E-state index in [0.29, 0.717) is 6.61 Å². The largest absolute Gasteiger partial charge is 0.460 e. The van der Waals surface area contributed by atoms with Crippen LogP contribution in [0.5, 0.6) is 0 Å². The second kappa shape index (κ2) is 11.9. The van der Waals surface area contributed by atoms with Gasteiger partial charge in [-0.25, -0.2) is 9.59 Å². The van der Waals surface area contributed by atoms with E-state index in [4.69, 9.17) is 23.1 Å². The van der Waals surface area contributed by atoms with Crippen LogP contribution in [0.15, 0.2) is 25.3 Å². The number of hydrogen-bond acceptors (Lipinski definition) is 7. The first kappa shape index (κ1) is 28.7. The molecule has 0 spiro atoms. The van der Waals surface area contributed by atoms with E-state index in [0.717, 1.165) is 18.6 Å². The molecule has 174 valence electrons. The van der Waals surface area contributed by atoms with Crippen LogP contribution in [0, 0.1) is 0 Å². The highest BCUT2D eigenvalue weighted by Gasteiger charge is 2.52. The molecule has 9 heteroatoms. The fourth-order valence-corrected chi connectivity index (χ4v) is 8.19. The van der Waals surface area contributed by atoms with E-state index in [9.17, 15) is 9.59 Å². The SMILES string of the molecule is C=CC(=O)OCCOC(C)(CC)[Si](C)(C)OC(C)(C)[Si](C)(C)OCCOC(=O)C=C. The molecule has 0 bridgehead atoms. The molecule has 0 saturated heterocycles. The standard InChI is InChI=1S/C21H40O7Si2/c1-11-18(22)24-14-16-26-21(6,13-3)30(9,10)28-20(4,5)29(7,8)27-17-15-25-19(23)12-2/h11-12H,1-2,13-17H2,3-10H3. The summed E-state index contributed by atoms with van der Waals surface area (Å²) in [4.78, 5) is 22.4. The zero-order valence-corrected chi connectivity index (χ0v) is 22.0. The first-order valence-corrected chi connectivity index (χ1v) is 16.1. The van der Waals surface area contributed by atoms with E-state index in [-0.39, 0.29) is 19.8 Å². The van der Waals surface area contributed by atoms with Gasteiger partial charge in [-0.3, -0.25) is 0 Å². The molecule has 0 aromatic heterocycles. The Bertz CT molecular complexity index is 602. The average Bonchev–Trinajstić information content (AvgIpc) is 2.66. The number of carbonyl (C=O) groups excluding carboxylic acids is 2. The minimum absolute atomic E-state index is 0.168. The van der Waals surface area contributed by atoms with Crippen molar-refractivity contribution in [3.63, 3.8) is 0 Å². The summed E-state index contributed by atoms with van der Waals surface area (Å²) in [6.07, 6.45) is 3.03. The number of rotatable bonds is 15. The van der Waals surface area contributed by atoms with Crippen LogP contribution < -0.4 is 0 Å². The fourth-order valence-electron chi connectivity index (χ4n) is 2.71. The van der Waals surface area contributed by atoms with Crippen LogP contribution in [0.25, 0.3) is 0 Å². The van der Waals surface area contributed by atoms with Gasteiger partial charge in [-0.1, -0.05) is 20.1 Å². The normalized spacial score (nSPS) is 14.5. The van der Waals surface area contributed by atoms with Gasteiger partial charge in [-0.2, -0.15) is 0 Å². The second-order valence-corrected chi connectivity index (χ2v) is 17.5. The van der Waals surface area contributed by atoms with Crippen molar-refractivity contribution in [2.45, 2.75) is 70.8 Å². The van der Waals surface area contributed by atoms with E-state index >= 15 is 0 Å². The summed E-state index contributed by atoms with van der Waals surface area (Å²) in [7, 11) is -4.70. The Hall–Kier alpha value is -1.27. The summed E-state index contributed by atoms with van der Waals surface area (Å²) in [5.74, 6) is -0.925. The van der Waals surface area contributed by atoms with Gasteiger partial charge < -0.3 is 23.1 Å². The predicted octanol–water partition coefficient (Wildman–Crippen LogP) is 3.93. The lowest BCUT2D eigenvalue weighted by atomic mass is 10.3. The molecule has 0 aromatic carbocycles. The molecule has 0 amide bonds. The average molecular weight is 461 g/mol. The molecule has 0 N–H and O–H groups in total. The van der Waals surface area contributed by atoms with Gasteiger partial charge in [0.05, 0.1) is 23.7 Å². The maximum absolute atomic E-state index is 11.2. The highest BCUT2D eigenvalue weighted by Crippen LogP contribution is 2.36. The third-order valence-corrected chi connectivity index (χ3v) is 14.0. The molecule has 0 aliphatic rings. The van der Waals surface area contributed by atoms with Crippen molar-refractivity contribution in [3.05, 3.63) is 25.3 Å². The molecule has 7 nitrogen and oxygen atoms in total. The van der Waals surface area contributed by atoms with Crippen LogP contribution in [0.2, 0.25) is 26.2 Å². The zero-order valence-electron chi connectivity index (χ0n) is 20.0. The second-order valence-electron chi connectivity index (χ2n) is 8.66. The van der Waals surface area contributed by atoms with Crippen LogP contribution in [-0.4, -0.2) is 65.4 Å². The van der Waals surface area contributed by atoms with E-state index in [1.807, 2.05) is 13.8 Å². The number of ether oxygens (including phenoxy) is 3. The lowest BCUT2D eigenvalue weighted by Crippen LogP contribution is -2.65. The van der Waals surface area contributed by atoms with E-state index in [1.54, 1.807) is 0 Å². The summed E-state index contributed by atoms with van der Waals surface area (Å²) >= 11 is 0. The number of hydrogen-bond donors (Lipinski definition) is 0. The molecule has 0 heterocycles. The molecule has 1 unspecified atom stereocenters. The highest BCUT2D eigenvalue weighted by atomic mass is 28.4. The van der Waals surface area contributed by atoms with Gasteiger partial charge in [0.1, 0.15) is 13.2 Å². The summed E-state index contributed by atoms with van der Waals surface area (Å²) < 4.78 is 29.1. The summed E-state index contributed by atoms with van der Waals surface area (Å²) in [6, 6.07) is 0. The van der Waals surface area contributed by atoms with Gasteiger partial charge in [-0.15, -0.1) is 0 Å². The molecule has 0 radical (unpaired) electrons. The van der Waals surface area contributed by atoms with Gasteiger partial charge in [0.2, 0.25) is 16.6 Å². The first-order valence-electron chi connectivity index (χ1n) is 10.2. The van der Waals surface area contributed by atoms with Gasteiger partial charge in [-0.05, 0) is 53.4 Å². The van der Waals surface area contributed by atoms with Crippen molar-refractivity contribution in [1.29, 1.82) is 0 Å². The van der Waals surface area contributed by atoms with Crippen LogP contribution in [0.3, 0.4) is 0 Å². The van der Waals surface area contributed by atoms with Crippen molar-refractivity contribution in [3.8, 4) is 0 Å². The van der Waals surface area contributed by atoms with Crippen molar-refractivity contribution >= 4 is 28.6 Å². The van der Waals surface area contributed by atoms with Gasteiger partial charge >= 0.3 is 11.9 Å². The van der Waals surface area contributed by atoms with Crippen molar-refractivity contribution in [2.24, 2.45) is 0 Å². The first-order chi connectivity index (χ1) is 13.7. The Morgan fingerprint density at radius 2 is 1.30 bits per heavy atom. The molecular weight excluding hydrogens is 420 g/mol. The Kier molecular flexibility index (Phi) is 11.4. The molecule has 30 heavy (non-hydrogen) atoms. The van der Waals surface area contributed by atoms with E-state index in [1.165, 1.54) is 0 Å². The third kappa shape index (κ3) is 8.46. The molecule has 0 fully saturated rings. The summed E-state index contributed by atoms with van der Waals surface area (Å²) in [5.41, 5.74) is 0. The smallest absolute Gasteiger partial charge is 0.330 e. The quantitative estimate of drug-likeness (QED) is 0.158. The highest BCUT2D eigenvalue weighted by molar-refractivity contribution is 6.78. The Balaban J connectivity index is 5.04. The zero-order chi connectivity index (χ0) is 23.6. The topological polar surface area (TPSA) is 80.3 Å². The number of esters is 2. The van der Waals surface area contributed by atoms with Crippen molar-refractivity contribution in [1.82, 2.24) is 0 Å². The number of carbonyl (C=O) groups is 2. The summed E-state index contributed by atoms with van der Waals surface area (Å²) in [6.45, 7) is 24.3. The van der Waals surface area contributed by atoms with Gasteiger partial charge in [0, 0.05) is 12.2 Å². The fraction of sp³-hybridized carbons (Fsp3) is 0.714. The van der Waals surface area contributed by atoms with Gasteiger partial charge in [0.15, 0.2) is 0 Å². The molecule has 0 rings (SSSR count). The lowest BCUT2D eigenvalue weighted by Gasteiger charge is -2.49. The maximum atomic E-state index is 11.2. The van der Waals surface area contributed by atoms with Crippen LogP contribution >= 0.6 is 0 Å². The molecule has 0 aliphatic carbocycles. The molecule has 1 atom stereocenters. The van der Waals surface area contributed by atoms with Crippen LogP contribution in [0.4, 0.5) is 0 Å². The Labute approximate surface area is 184 Å². The lowest BCUT2D eigenvalue weighted by molar-refractivity contribution is -0.140. The molecular formula is C21H40O7Si2. The minimum atomic E-state index is -2.39. The Morgan fingerprint density at radius 1 is 0.833 bits per heavy atom. The predicted molar refractivity (Wildman–Crippen MR) is 123 cm³/mol. The van der Waals surface area contributed by atoms with Crippen molar-refractivity contribution in [2.75, 3.05) is 26.4 Å². The Morgan fingerprint density at radius 3 is 1.73 bits per heavy atom. The van der Waals surface area contributed by atoms with Crippen molar-refractivity contribution < 1.29 is 32.7 Å². The van der Waals surface area contributed by atoms with E-state index in [2.05, 4.69) is 53.2 Å². The van der Waals surface area contributed by atoms with Gasteiger partial charge in [0.25, 0.3) is 0 Å². The molecule has 0 aliphatic heterocycles. The molecule has 0 saturated carbocycles. The monoisotopic (exact) mass is 460 g/mol.